The average molecular weight is 295 g/mol. The second kappa shape index (κ2) is 5.52. The Morgan fingerprint density at radius 2 is 2.05 bits per heavy atom. The highest BCUT2D eigenvalue weighted by molar-refractivity contribution is 5.96. The molecule has 0 fully saturated rings. The topological polar surface area (TPSA) is 59.5 Å². The highest BCUT2D eigenvalue weighted by Gasteiger charge is 2.11. The summed E-state index contributed by atoms with van der Waals surface area (Å²) >= 11 is 0. The van der Waals surface area contributed by atoms with Gasteiger partial charge in [-0.1, -0.05) is 18.2 Å². The van der Waals surface area contributed by atoms with Crippen molar-refractivity contribution in [3.63, 3.8) is 0 Å². The van der Waals surface area contributed by atoms with Crippen molar-refractivity contribution in [1.82, 2.24) is 9.99 Å². The van der Waals surface area contributed by atoms with Crippen LogP contribution >= 0.6 is 0 Å². The smallest absolute Gasteiger partial charge is 0.307 e. The number of amides is 1. The van der Waals surface area contributed by atoms with Gasteiger partial charge in [0.1, 0.15) is 5.58 Å². The molecule has 0 bridgehead atoms. The van der Waals surface area contributed by atoms with Gasteiger partial charge in [0.2, 0.25) is 0 Å². The molecule has 112 valence electrons. The van der Waals surface area contributed by atoms with Gasteiger partial charge in [-0.25, -0.2) is 5.43 Å². The minimum absolute atomic E-state index is 0.249. The van der Waals surface area contributed by atoms with E-state index in [-0.39, 0.29) is 11.7 Å². The quantitative estimate of drug-likeness (QED) is 0.596. The Morgan fingerprint density at radius 3 is 2.73 bits per heavy atom. The molecule has 3 rings (SSSR count). The molecule has 0 radical (unpaired) electrons. The Labute approximate surface area is 128 Å². The molecule has 2 heterocycles. The van der Waals surface area contributed by atoms with Crippen molar-refractivity contribution in [2.75, 3.05) is 0 Å². The van der Waals surface area contributed by atoms with Gasteiger partial charge in [0.25, 0.3) is 0 Å². The lowest BCUT2D eigenvalue weighted by Gasteiger charge is -1.99. The fraction of sp³-hybridized carbons (Fsp3) is 0.176. The van der Waals surface area contributed by atoms with Crippen molar-refractivity contribution in [3.05, 3.63) is 59.1 Å². The van der Waals surface area contributed by atoms with Gasteiger partial charge >= 0.3 is 5.91 Å². The van der Waals surface area contributed by atoms with E-state index in [0.29, 0.717) is 5.58 Å². The van der Waals surface area contributed by atoms with E-state index < -0.39 is 0 Å². The van der Waals surface area contributed by atoms with Crippen molar-refractivity contribution in [1.29, 1.82) is 0 Å². The van der Waals surface area contributed by atoms with Crippen LogP contribution in [0.5, 0.6) is 0 Å². The summed E-state index contributed by atoms with van der Waals surface area (Å²) in [5, 5.41) is 4.90. The number of hydrazone groups is 1. The monoisotopic (exact) mass is 295 g/mol. The Kier molecular flexibility index (Phi) is 3.55. The molecule has 0 saturated heterocycles. The number of hydrogen-bond donors (Lipinski definition) is 1. The van der Waals surface area contributed by atoms with E-state index in [4.69, 9.17) is 4.42 Å². The molecule has 22 heavy (non-hydrogen) atoms. The summed E-state index contributed by atoms with van der Waals surface area (Å²) in [5.41, 5.74) is 6.39. The maximum absolute atomic E-state index is 12.0. The van der Waals surface area contributed by atoms with Crippen LogP contribution < -0.4 is 5.43 Å². The molecule has 3 aromatic rings. The van der Waals surface area contributed by atoms with Crippen LogP contribution in [-0.2, 0) is 7.05 Å². The number of para-hydroxylation sites is 1. The molecule has 0 aliphatic rings. The van der Waals surface area contributed by atoms with Crippen LogP contribution in [0.1, 0.15) is 27.5 Å². The number of carbonyl (C=O) groups is 1. The van der Waals surface area contributed by atoms with E-state index in [1.807, 2.05) is 51.2 Å². The van der Waals surface area contributed by atoms with E-state index in [2.05, 4.69) is 15.1 Å². The van der Waals surface area contributed by atoms with Gasteiger partial charge in [-0.2, -0.15) is 5.10 Å². The second-order valence-corrected chi connectivity index (χ2v) is 5.23. The number of fused-ring (bicyclic) bond motifs is 1. The van der Waals surface area contributed by atoms with Crippen LogP contribution in [-0.4, -0.2) is 16.7 Å². The van der Waals surface area contributed by atoms with Crippen molar-refractivity contribution >= 4 is 23.1 Å². The van der Waals surface area contributed by atoms with Gasteiger partial charge in [0, 0.05) is 29.4 Å². The number of hydrogen-bond acceptors (Lipinski definition) is 3. The SMILES string of the molecule is Cc1cc(C=NNC(=O)c2cc3ccccc3o2)c(C)n1C. The van der Waals surface area contributed by atoms with Crippen LogP contribution in [0.15, 0.2) is 45.9 Å². The summed E-state index contributed by atoms with van der Waals surface area (Å²) in [6.45, 7) is 4.03. The van der Waals surface area contributed by atoms with Gasteiger partial charge in [-0.15, -0.1) is 0 Å². The van der Waals surface area contributed by atoms with Crippen LogP contribution in [0.3, 0.4) is 0 Å². The normalized spacial score (nSPS) is 11.4. The lowest BCUT2D eigenvalue weighted by atomic mass is 10.2. The van der Waals surface area contributed by atoms with E-state index in [9.17, 15) is 4.79 Å². The van der Waals surface area contributed by atoms with Crippen molar-refractivity contribution in [3.8, 4) is 0 Å². The zero-order valence-electron chi connectivity index (χ0n) is 12.8. The van der Waals surface area contributed by atoms with E-state index >= 15 is 0 Å². The van der Waals surface area contributed by atoms with Crippen LogP contribution in [0, 0.1) is 13.8 Å². The Hall–Kier alpha value is -2.82. The summed E-state index contributed by atoms with van der Waals surface area (Å²) in [5.74, 6) is -0.114. The number of furan rings is 1. The molecule has 1 aromatic carbocycles. The van der Waals surface area contributed by atoms with Crippen molar-refractivity contribution in [2.45, 2.75) is 13.8 Å². The lowest BCUT2D eigenvalue weighted by molar-refractivity contribution is 0.0929. The molecule has 2 aromatic heterocycles. The molecule has 0 atom stereocenters. The van der Waals surface area contributed by atoms with Gasteiger partial charge in [-0.05, 0) is 32.0 Å². The third-order valence-corrected chi connectivity index (χ3v) is 3.83. The second-order valence-electron chi connectivity index (χ2n) is 5.23. The van der Waals surface area contributed by atoms with E-state index in [1.54, 1.807) is 12.3 Å². The van der Waals surface area contributed by atoms with Crippen LogP contribution in [0.4, 0.5) is 0 Å². The lowest BCUT2D eigenvalue weighted by Crippen LogP contribution is -2.16. The van der Waals surface area contributed by atoms with Gasteiger partial charge < -0.3 is 8.98 Å². The summed E-state index contributed by atoms with van der Waals surface area (Å²) < 4.78 is 7.56. The molecular weight excluding hydrogens is 278 g/mol. The van der Waals surface area contributed by atoms with E-state index in [1.165, 1.54) is 0 Å². The molecule has 1 amide bonds. The number of carbonyl (C=O) groups excluding carboxylic acids is 1. The third kappa shape index (κ3) is 2.53. The summed E-state index contributed by atoms with van der Waals surface area (Å²) in [4.78, 5) is 12.0. The van der Waals surface area contributed by atoms with Gasteiger partial charge in [0.15, 0.2) is 5.76 Å². The zero-order valence-corrected chi connectivity index (χ0v) is 12.8. The first-order valence-electron chi connectivity index (χ1n) is 7.01. The number of nitrogens with one attached hydrogen (secondary N) is 1. The predicted octanol–water partition coefficient (Wildman–Crippen LogP) is 3.15. The molecule has 0 spiro atoms. The Morgan fingerprint density at radius 1 is 1.27 bits per heavy atom. The molecule has 0 unspecified atom stereocenters. The molecule has 5 heteroatoms. The molecule has 0 aliphatic carbocycles. The van der Waals surface area contributed by atoms with Crippen LogP contribution in [0.25, 0.3) is 11.0 Å². The first kappa shape index (κ1) is 14.1. The predicted molar refractivity (Wildman–Crippen MR) is 86.2 cm³/mol. The van der Waals surface area contributed by atoms with Crippen LogP contribution in [0.2, 0.25) is 0 Å². The standard InChI is InChI=1S/C17H17N3O2/c1-11-8-14(12(2)20(11)3)10-18-19-17(21)16-9-13-6-4-5-7-15(13)22-16/h4-10H,1-3H3,(H,19,21). The minimum atomic E-state index is -0.363. The van der Waals surface area contributed by atoms with E-state index in [0.717, 1.165) is 22.3 Å². The molecule has 1 N–H and O–H groups in total. The van der Waals surface area contributed by atoms with Gasteiger partial charge in [-0.3, -0.25) is 4.79 Å². The Bertz CT molecular complexity index is 838. The summed E-state index contributed by atoms with van der Waals surface area (Å²) in [6.07, 6.45) is 1.64. The number of nitrogens with zero attached hydrogens (tertiary/aromatic N) is 2. The molecule has 0 aliphatic heterocycles. The van der Waals surface area contributed by atoms with Crippen molar-refractivity contribution in [2.24, 2.45) is 12.1 Å². The van der Waals surface area contributed by atoms with Crippen molar-refractivity contribution < 1.29 is 9.21 Å². The number of aromatic nitrogens is 1. The number of benzene rings is 1. The molecular formula is C17H17N3O2. The highest BCUT2D eigenvalue weighted by Crippen LogP contribution is 2.18. The molecule has 0 saturated carbocycles. The largest absolute Gasteiger partial charge is 0.451 e. The number of rotatable bonds is 3. The maximum Gasteiger partial charge on any atom is 0.307 e. The average Bonchev–Trinajstić information content (AvgIpc) is 3.05. The Balaban J connectivity index is 1.74. The van der Waals surface area contributed by atoms with Gasteiger partial charge in [0.05, 0.1) is 6.21 Å². The molecule has 5 nitrogen and oxygen atoms in total. The third-order valence-electron chi connectivity index (χ3n) is 3.83. The fourth-order valence-electron chi connectivity index (χ4n) is 2.32. The zero-order chi connectivity index (χ0) is 15.7. The number of aryl methyl sites for hydroxylation is 1. The first-order valence-corrected chi connectivity index (χ1v) is 7.01. The minimum Gasteiger partial charge on any atom is -0.451 e. The summed E-state index contributed by atoms with van der Waals surface area (Å²) in [7, 11) is 2.00. The fourth-order valence-corrected chi connectivity index (χ4v) is 2.32. The highest BCUT2D eigenvalue weighted by atomic mass is 16.3. The summed E-state index contributed by atoms with van der Waals surface area (Å²) in [6, 6.07) is 11.2. The first-order chi connectivity index (χ1) is 10.6. The maximum atomic E-state index is 12.0.